The summed E-state index contributed by atoms with van der Waals surface area (Å²) in [6, 6.07) is -1.11. The third-order valence-corrected chi connectivity index (χ3v) is 6.38. The summed E-state index contributed by atoms with van der Waals surface area (Å²) in [5, 5.41) is 2.62. The quantitative estimate of drug-likeness (QED) is 0.579. The van der Waals surface area contributed by atoms with Crippen molar-refractivity contribution in [2.24, 2.45) is 10.9 Å². The lowest BCUT2D eigenvalue weighted by atomic mass is 10.0. The van der Waals surface area contributed by atoms with E-state index in [1.807, 2.05) is 0 Å². The van der Waals surface area contributed by atoms with E-state index < -0.39 is 42.5 Å². The molecule has 3 aliphatic heterocycles. The monoisotopic (exact) mass is 500 g/mol. The number of nitrogens with zero attached hydrogens (tertiary/aromatic N) is 3. The van der Waals surface area contributed by atoms with Gasteiger partial charge in [0.1, 0.15) is 18.2 Å². The van der Waals surface area contributed by atoms with E-state index in [1.54, 1.807) is 25.7 Å². The first-order chi connectivity index (χ1) is 16.2. The van der Waals surface area contributed by atoms with E-state index in [4.69, 9.17) is 9.47 Å². The smallest absolute Gasteiger partial charge is 0.407 e. The predicted molar refractivity (Wildman–Crippen MR) is 125 cm³/mol. The molecule has 0 aromatic carbocycles. The van der Waals surface area contributed by atoms with Crippen LogP contribution in [0.15, 0.2) is 4.99 Å². The van der Waals surface area contributed by atoms with Gasteiger partial charge in [-0.15, -0.1) is 0 Å². The fraction of sp³-hybridized carbons (Fsp3) is 0.833. The number of rotatable bonds is 7. The number of hydrogen-bond donors (Lipinski definition) is 1. The van der Waals surface area contributed by atoms with Gasteiger partial charge in [-0.2, -0.15) is 0 Å². The molecule has 2 saturated heterocycles. The molecule has 0 bridgehead atoms. The first-order valence-electron chi connectivity index (χ1n) is 12.4. The number of alkyl carbamates (subject to hydrolysis) is 1. The van der Waals surface area contributed by atoms with Crippen LogP contribution in [-0.2, 0) is 19.1 Å². The van der Waals surface area contributed by atoms with Gasteiger partial charge in [-0.05, 0) is 39.5 Å². The zero-order valence-electron chi connectivity index (χ0n) is 21.3. The number of alkyl halides is 2. The summed E-state index contributed by atoms with van der Waals surface area (Å²) in [6.45, 7) is 9.28. The molecule has 0 spiro atoms. The average Bonchev–Trinajstić information content (AvgIpc) is 3.38. The Bertz CT molecular complexity index is 842. The minimum absolute atomic E-state index is 0.0518. The van der Waals surface area contributed by atoms with Crippen LogP contribution in [0.3, 0.4) is 0 Å². The van der Waals surface area contributed by atoms with Crippen molar-refractivity contribution in [1.82, 2.24) is 15.1 Å². The number of ether oxygens (including phenoxy) is 2. The van der Waals surface area contributed by atoms with Gasteiger partial charge in [0.15, 0.2) is 0 Å². The number of halogens is 2. The lowest BCUT2D eigenvalue weighted by Crippen LogP contribution is -2.54. The Morgan fingerprint density at radius 1 is 1.31 bits per heavy atom. The van der Waals surface area contributed by atoms with Crippen molar-refractivity contribution in [1.29, 1.82) is 0 Å². The summed E-state index contributed by atoms with van der Waals surface area (Å²) in [5.41, 5.74) is -0.780. The molecule has 0 aromatic heterocycles. The fourth-order valence-electron chi connectivity index (χ4n) is 4.54. The Kier molecular flexibility index (Phi) is 8.26. The zero-order valence-corrected chi connectivity index (χ0v) is 21.3. The maximum absolute atomic E-state index is 14.0. The fourth-order valence-corrected chi connectivity index (χ4v) is 4.54. The van der Waals surface area contributed by atoms with Crippen LogP contribution in [0, 0.1) is 5.92 Å². The van der Waals surface area contributed by atoms with Crippen LogP contribution in [-0.4, -0.2) is 89.5 Å². The molecule has 35 heavy (non-hydrogen) atoms. The van der Waals surface area contributed by atoms with Gasteiger partial charge < -0.3 is 24.6 Å². The number of piperidine rings is 1. The van der Waals surface area contributed by atoms with E-state index in [0.717, 1.165) is 17.7 Å². The van der Waals surface area contributed by atoms with Crippen molar-refractivity contribution in [2.45, 2.75) is 96.4 Å². The largest absolute Gasteiger partial charge is 0.477 e. The second-order valence-electron chi connectivity index (χ2n) is 11.0. The minimum Gasteiger partial charge on any atom is -0.477 e. The molecule has 2 fully saturated rings. The number of nitrogens with one attached hydrogen (secondary N) is 1. The molecule has 3 amide bonds. The van der Waals surface area contributed by atoms with Crippen molar-refractivity contribution < 1.29 is 32.6 Å². The predicted octanol–water partition coefficient (Wildman–Crippen LogP) is 2.97. The van der Waals surface area contributed by atoms with Crippen LogP contribution in [0.25, 0.3) is 0 Å². The third kappa shape index (κ3) is 7.51. The SMILES string of the molecule is CC(C)[C@H]1COC([C@@H]2CCCN2C(=O)C[C@@H](CN2CC(F)(F)CCC2=O)NC(=O)OC(C)(C)C)=N1. The van der Waals surface area contributed by atoms with Gasteiger partial charge in [0.05, 0.1) is 18.6 Å². The normalized spacial score (nSPS) is 25.4. The van der Waals surface area contributed by atoms with E-state index in [-0.39, 0.29) is 37.4 Å². The van der Waals surface area contributed by atoms with E-state index in [1.165, 1.54) is 0 Å². The summed E-state index contributed by atoms with van der Waals surface area (Å²) >= 11 is 0. The summed E-state index contributed by atoms with van der Waals surface area (Å²) in [5.74, 6) is -2.81. The second-order valence-corrected chi connectivity index (χ2v) is 11.0. The highest BCUT2D eigenvalue weighted by molar-refractivity contribution is 5.89. The van der Waals surface area contributed by atoms with E-state index in [0.29, 0.717) is 25.0 Å². The number of aliphatic imine (C=N–C) groups is 1. The molecule has 0 saturated carbocycles. The zero-order chi connectivity index (χ0) is 26.0. The summed E-state index contributed by atoms with van der Waals surface area (Å²) in [6.07, 6.45) is -0.204. The van der Waals surface area contributed by atoms with E-state index in [9.17, 15) is 23.2 Å². The van der Waals surface area contributed by atoms with Crippen molar-refractivity contribution in [3.63, 3.8) is 0 Å². The van der Waals surface area contributed by atoms with Crippen molar-refractivity contribution in [3.8, 4) is 0 Å². The van der Waals surface area contributed by atoms with Gasteiger partial charge in [0.25, 0.3) is 5.92 Å². The third-order valence-electron chi connectivity index (χ3n) is 6.38. The molecule has 3 atom stereocenters. The number of carbonyl (C=O) groups is 3. The standard InChI is InChI=1S/C24H38F2N4O5/c1-15(2)17-13-34-21(28-17)18-7-6-10-30(18)20(32)11-16(27-22(33)35-23(3,4)5)12-29-14-24(25,26)9-8-19(29)31/h15-18H,6-14H2,1-5H3,(H,27,33)/t16-,17+,18-/m0/s1. The molecular formula is C24H38F2N4O5. The maximum atomic E-state index is 14.0. The molecule has 9 nitrogen and oxygen atoms in total. The molecule has 3 aliphatic rings. The van der Waals surface area contributed by atoms with Crippen LogP contribution in [0.5, 0.6) is 0 Å². The van der Waals surface area contributed by atoms with Crippen molar-refractivity contribution >= 4 is 23.8 Å². The Balaban J connectivity index is 1.71. The van der Waals surface area contributed by atoms with Crippen LogP contribution in [0.1, 0.15) is 66.7 Å². The van der Waals surface area contributed by atoms with Crippen LogP contribution in [0.4, 0.5) is 13.6 Å². The number of amides is 3. The summed E-state index contributed by atoms with van der Waals surface area (Å²) in [7, 11) is 0. The Morgan fingerprint density at radius 2 is 2.03 bits per heavy atom. The molecule has 198 valence electrons. The first-order valence-corrected chi connectivity index (χ1v) is 12.4. The average molecular weight is 501 g/mol. The Labute approximate surface area is 205 Å². The van der Waals surface area contributed by atoms with Gasteiger partial charge >= 0.3 is 6.09 Å². The highest BCUT2D eigenvalue weighted by atomic mass is 19.3. The second kappa shape index (κ2) is 10.7. The van der Waals surface area contributed by atoms with Crippen LogP contribution in [0.2, 0.25) is 0 Å². The lowest BCUT2D eigenvalue weighted by Gasteiger charge is -2.35. The molecule has 0 aliphatic carbocycles. The Morgan fingerprint density at radius 3 is 2.66 bits per heavy atom. The molecule has 0 aromatic rings. The van der Waals surface area contributed by atoms with E-state index >= 15 is 0 Å². The molecule has 1 N–H and O–H groups in total. The molecule has 3 rings (SSSR count). The maximum Gasteiger partial charge on any atom is 0.407 e. The highest BCUT2D eigenvalue weighted by Crippen LogP contribution is 2.28. The van der Waals surface area contributed by atoms with Crippen molar-refractivity contribution in [3.05, 3.63) is 0 Å². The molecule has 0 radical (unpaired) electrons. The number of carbonyl (C=O) groups excluding carboxylic acids is 3. The highest BCUT2D eigenvalue weighted by Gasteiger charge is 2.41. The molecule has 11 heteroatoms. The summed E-state index contributed by atoms with van der Waals surface area (Å²) < 4.78 is 39.1. The van der Waals surface area contributed by atoms with Gasteiger partial charge in [-0.3, -0.25) is 9.59 Å². The molecular weight excluding hydrogens is 462 g/mol. The topological polar surface area (TPSA) is 101 Å². The summed E-state index contributed by atoms with van der Waals surface area (Å²) in [4.78, 5) is 45.4. The van der Waals surface area contributed by atoms with E-state index in [2.05, 4.69) is 24.2 Å². The first kappa shape index (κ1) is 27.1. The van der Waals surface area contributed by atoms with Gasteiger partial charge in [0, 0.05) is 32.4 Å². The van der Waals surface area contributed by atoms with Gasteiger partial charge in [-0.25, -0.2) is 18.6 Å². The molecule has 3 heterocycles. The van der Waals surface area contributed by atoms with Gasteiger partial charge in [-0.1, -0.05) is 13.8 Å². The van der Waals surface area contributed by atoms with Crippen LogP contribution >= 0.6 is 0 Å². The van der Waals surface area contributed by atoms with Gasteiger partial charge in [0.2, 0.25) is 17.7 Å². The van der Waals surface area contributed by atoms with Crippen LogP contribution < -0.4 is 5.32 Å². The van der Waals surface area contributed by atoms with Crippen molar-refractivity contribution in [2.75, 3.05) is 26.2 Å². The lowest BCUT2D eigenvalue weighted by molar-refractivity contribution is -0.148. The number of hydrogen-bond acceptors (Lipinski definition) is 6. The minimum atomic E-state index is -3.00. The molecule has 0 unspecified atom stereocenters. The Hall–Kier alpha value is -2.46. The number of likely N-dealkylation sites (tertiary alicyclic amines) is 2.